The van der Waals surface area contributed by atoms with E-state index in [1.165, 1.54) is 6.20 Å². The molecule has 0 aliphatic rings. The van der Waals surface area contributed by atoms with Crippen LogP contribution in [0.2, 0.25) is 10.0 Å². The van der Waals surface area contributed by atoms with Crippen molar-refractivity contribution < 1.29 is 8.42 Å². The Balaban J connectivity index is 1.86. The van der Waals surface area contributed by atoms with Gasteiger partial charge in [-0.05, 0) is 44.0 Å². The van der Waals surface area contributed by atoms with E-state index in [-0.39, 0.29) is 4.90 Å². The van der Waals surface area contributed by atoms with E-state index < -0.39 is 10.0 Å². The molecule has 3 aromatic rings. The third kappa shape index (κ3) is 4.29. The molecule has 0 saturated heterocycles. The summed E-state index contributed by atoms with van der Waals surface area (Å²) in [5.41, 5.74) is 3.53. The van der Waals surface area contributed by atoms with E-state index in [0.717, 1.165) is 11.1 Å². The van der Waals surface area contributed by atoms with Crippen molar-refractivity contribution in [3.05, 3.63) is 75.0 Å². The van der Waals surface area contributed by atoms with E-state index in [1.54, 1.807) is 42.9 Å². The summed E-state index contributed by atoms with van der Waals surface area (Å²) in [4.78, 5) is 0.287. The van der Waals surface area contributed by atoms with Crippen LogP contribution in [0.3, 0.4) is 0 Å². The van der Waals surface area contributed by atoms with Crippen molar-refractivity contribution in [2.24, 2.45) is 0 Å². The Kier molecular flexibility index (Phi) is 5.51. The van der Waals surface area contributed by atoms with Crippen LogP contribution in [0.1, 0.15) is 22.3 Å². The first kappa shape index (κ1) is 19.7. The summed E-state index contributed by atoms with van der Waals surface area (Å²) in [5.74, 6) is 0. The summed E-state index contributed by atoms with van der Waals surface area (Å²) in [6, 6.07) is 8.97. The van der Waals surface area contributed by atoms with Gasteiger partial charge in [0.05, 0.1) is 23.3 Å². The minimum Gasteiger partial charge on any atom is -0.276 e. The van der Waals surface area contributed by atoms with Crippen LogP contribution in [-0.4, -0.2) is 18.2 Å². The Morgan fingerprint density at radius 1 is 1.07 bits per heavy atom. The van der Waals surface area contributed by atoms with Gasteiger partial charge in [0.15, 0.2) is 0 Å². The van der Waals surface area contributed by atoms with Gasteiger partial charge in [0.1, 0.15) is 0 Å². The second kappa shape index (κ2) is 7.54. The first-order chi connectivity index (χ1) is 12.7. The van der Waals surface area contributed by atoms with Gasteiger partial charge in [-0.3, -0.25) is 9.40 Å². The molecule has 1 heterocycles. The highest BCUT2D eigenvalue weighted by Gasteiger charge is 2.20. The average Bonchev–Trinajstić information content (AvgIpc) is 2.96. The van der Waals surface area contributed by atoms with Crippen LogP contribution < -0.4 is 4.72 Å². The van der Waals surface area contributed by atoms with Crippen molar-refractivity contribution in [3.63, 3.8) is 0 Å². The number of aryl methyl sites for hydroxylation is 3. The van der Waals surface area contributed by atoms with E-state index in [2.05, 4.69) is 9.82 Å². The molecule has 0 unspecified atom stereocenters. The molecule has 142 valence electrons. The number of halogens is 2. The number of hydrogen-bond acceptors (Lipinski definition) is 3. The third-order valence-electron chi connectivity index (χ3n) is 4.14. The summed E-state index contributed by atoms with van der Waals surface area (Å²) >= 11 is 12.4. The number of nitrogens with zero attached hydrogens (tertiary/aromatic N) is 2. The molecule has 0 saturated carbocycles. The van der Waals surface area contributed by atoms with Crippen molar-refractivity contribution in [3.8, 4) is 0 Å². The Labute approximate surface area is 169 Å². The van der Waals surface area contributed by atoms with Crippen LogP contribution in [0, 0.1) is 20.8 Å². The highest BCUT2D eigenvalue weighted by Crippen LogP contribution is 2.26. The number of rotatable bonds is 5. The summed E-state index contributed by atoms with van der Waals surface area (Å²) < 4.78 is 29.9. The van der Waals surface area contributed by atoms with Gasteiger partial charge in [-0.15, -0.1) is 0 Å². The smallest absolute Gasteiger partial charge is 0.262 e. The van der Waals surface area contributed by atoms with Gasteiger partial charge in [0.25, 0.3) is 10.0 Å². The van der Waals surface area contributed by atoms with Gasteiger partial charge < -0.3 is 0 Å². The fourth-order valence-corrected chi connectivity index (χ4v) is 5.15. The Morgan fingerprint density at radius 3 is 2.26 bits per heavy atom. The molecule has 0 spiro atoms. The Morgan fingerprint density at radius 2 is 1.67 bits per heavy atom. The van der Waals surface area contributed by atoms with Crippen LogP contribution in [0.25, 0.3) is 0 Å². The number of nitrogens with one attached hydrogen (secondary N) is 1. The molecule has 5 nitrogen and oxygen atoms in total. The molecular weight excluding hydrogens is 405 g/mol. The number of hydrogen-bond donors (Lipinski definition) is 1. The standard InChI is InChI=1S/C19H19Cl2N3O2S/c1-12-7-13(2)19(14(3)8-12)27(25,26)23-15-9-22-24(10-15)11-16-17(20)5-4-6-18(16)21/h4-10,23H,11H2,1-3H3. The average molecular weight is 424 g/mol. The normalized spacial score (nSPS) is 11.6. The molecule has 0 atom stereocenters. The molecule has 8 heteroatoms. The lowest BCUT2D eigenvalue weighted by Crippen LogP contribution is -2.15. The topological polar surface area (TPSA) is 64.0 Å². The monoisotopic (exact) mass is 423 g/mol. The summed E-state index contributed by atoms with van der Waals surface area (Å²) in [5, 5.41) is 5.27. The van der Waals surface area contributed by atoms with Gasteiger partial charge in [-0.2, -0.15) is 5.10 Å². The lowest BCUT2D eigenvalue weighted by Gasteiger charge is -2.12. The van der Waals surface area contributed by atoms with E-state index >= 15 is 0 Å². The fraction of sp³-hybridized carbons (Fsp3) is 0.211. The quantitative estimate of drug-likeness (QED) is 0.630. The Hall–Kier alpha value is -2.02. The van der Waals surface area contributed by atoms with Crippen LogP contribution >= 0.6 is 23.2 Å². The minimum atomic E-state index is -3.72. The largest absolute Gasteiger partial charge is 0.276 e. The number of anilines is 1. The summed E-state index contributed by atoms with van der Waals surface area (Å²) in [7, 11) is -3.72. The van der Waals surface area contributed by atoms with Crippen molar-refractivity contribution in [2.75, 3.05) is 4.72 Å². The maximum Gasteiger partial charge on any atom is 0.262 e. The molecule has 1 N–H and O–H groups in total. The zero-order chi connectivity index (χ0) is 19.8. The SMILES string of the molecule is Cc1cc(C)c(S(=O)(=O)Nc2cnn(Cc3c(Cl)cccc3Cl)c2)c(C)c1. The van der Waals surface area contributed by atoms with Crippen molar-refractivity contribution >= 4 is 38.9 Å². The van der Waals surface area contributed by atoms with E-state index in [0.29, 0.717) is 33.4 Å². The van der Waals surface area contributed by atoms with Crippen molar-refractivity contribution in [1.82, 2.24) is 9.78 Å². The van der Waals surface area contributed by atoms with Gasteiger partial charge in [-0.25, -0.2) is 8.42 Å². The molecular formula is C19H19Cl2N3O2S. The zero-order valence-electron chi connectivity index (χ0n) is 15.1. The lowest BCUT2D eigenvalue weighted by molar-refractivity contribution is 0.600. The van der Waals surface area contributed by atoms with Gasteiger partial charge in [0, 0.05) is 21.8 Å². The highest BCUT2D eigenvalue weighted by atomic mass is 35.5. The first-order valence-electron chi connectivity index (χ1n) is 8.23. The van der Waals surface area contributed by atoms with Crippen molar-refractivity contribution in [1.29, 1.82) is 0 Å². The predicted molar refractivity (Wildman–Crippen MR) is 109 cm³/mol. The molecule has 3 rings (SSSR count). The molecule has 1 aromatic heterocycles. The molecule has 27 heavy (non-hydrogen) atoms. The lowest BCUT2D eigenvalue weighted by atomic mass is 10.1. The second-order valence-electron chi connectivity index (χ2n) is 6.46. The van der Waals surface area contributed by atoms with E-state index in [1.807, 2.05) is 19.1 Å². The number of benzene rings is 2. The molecule has 0 amide bonds. The van der Waals surface area contributed by atoms with Crippen LogP contribution in [0.5, 0.6) is 0 Å². The maximum atomic E-state index is 12.8. The summed E-state index contributed by atoms with van der Waals surface area (Å²) in [6.45, 7) is 5.85. The zero-order valence-corrected chi connectivity index (χ0v) is 17.5. The van der Waals surface area contributed by atoms with Crippen LogP contribution in [0.15, 0.2) is 47.6 Å². The molecule has 0 fully saturated rings. The van der Waals surface area contributed by atoms with Crippen LogP contribution in [0.4, 0.5) is 5.69 Å². The predicted octanol–water partition coefficient (Wildman–Crippen LogP) is 4.96. The Bertz CT molecular complexity index is 1060. The second-order valence-corrected chi connectivity index (χ2v) is 8.89. The summed E-state index contributed by atoms with van der Waals surface area (Å²) in [6.07, 6.45) is 3.07. The van der Waals surface area contributed by atoms with Gasteiger partial charge >= 0.3 is 0 Å². The maximum absolute atomic E-state index is 12.8. The van der Waals surface area contributed by atoms with E-state index in [9.17, 15) is 8.42 Å². The number of aromatic nitrogens is 2. The first-order valence-corrected chi connectivity index (χ1v) is 10.5. The van der Waals surface area contributed by atoms with Crippen LogP contribution in [-0.2, 0) is 16.6 Å². The third-order valence-corrected chi connectivity index (χ3v) is 6.53. The number of sulfonamides is 1. The van der Waals surface area contributed by atoms with Gasteiger partial charge in [0.2, 0.25) is 0 Å². The van der Waals surface area contributed by atoms with E-state index in [4.69, 9.17) is 23.2 Å². The minimum absolute atomic E-state index is 0.287. The molecule has 0 aliphatic carbocycles. The molecule has 0 radical (unpaired) electrons. The molecule has 0 bridgehead atoms. The van der Waals surface area contributed by atoms with Crippen molar-refractivity contribution in [2.45, 2.75) is 32.2 Å². The van der Waals surface area contributed by atoms with Gasteiger partial charge in [-0.1, -0.05) is 47.0 Å². The highest BCUT2D eigenvalue weighted by molar-refractivity contribution is 7.92. The fourth-order valence-electron chi connectivity index (χ4n) is 3.14. The molecule has 0 aliphatic heterocycles. The molecule has 2 aromatic carbocycles.